The average Bonchev–Trinajstić information content (AvgIpc) is 2.68. The van der Waals surface area contributed by atoms with Crippen LogP contribution in [0, 0.1) is 6.92 Å². The van der Waals surface area contributed by atoms with E-state index in [-0.39, 0.29) is 5.91 Å². The first-order chi connectivity index (χ1) is 12.7. The molecule has 0 aliphatic carbocycles. The molecule has 2 heterocycles. The maximum absolute atomic E-state index is 12.4. The molecule has 0 bridgehead atoms. The Morgan fingerprint density at radius 2 is 1.85 bits per heavy atom. The molecule has 1 N–H and O–H groups in total. The van der Waals surface area contributed by atoms with Crippen molar-refractivity contribution in [1.82, 2.24) is 4.98 Å². The van der Waals surface area contributed by atoms with E-state index < -0.39 is 0 Å². The van der Waals surface area contributed by atoms with Gasteiger partial charge >= 0.3 is 0 Å². The zero-order chi connectivity index (χ0) is 17.9. The van der Waals surface area contributed by atoms with Crippen LogP contribution in [-0.2, 0) is 6.42 Å². The summed E-state index contributed by atoms with van der Waals surface area (Å²) in [5.41, 5.74) is 5.29. The number of rotatable bonds is 3. The van der Waals surface area contributed by atoms with Gasteiger partial charge in [-0.25, -0.2) is 4.98 Å². The fraction of sp³-hybridized carbons (Fsp3) is 0.182. The summed E-state index contributed by atoms with van der Waals surface area (Å²) in [4.78, 5) is 19.2. The van der Waals surface area contributed by atoms with Crippen molar-refractivity contribution in [1.29, 1.82) is 0 Å². The number of carbonyl (C=O) groups excluding carboxylic acids is 1. The van der Waals surface area contributed by atoms with Gasteiger partial charge in [0, 0.05) is 17.8 Å². The van der Waals surface area contributed by atoms with Crippen molar-refractivity contribution in [3.63, 3.8) is 0 Å². The van der Waals surface area contributed by atoms with Crippen molar-refractivity contribution in [2.45, 2.75) is 19.8 Å². The number of pyridine rings is 1. The van der Waals surface area contributed by atoms with Gasteiger partial charge in [-0.3, -0.25) is 4.79 Å². The third kappa shape index (κ3) is 3.18. The largest absolute Gasteiger partial charge is 0.340 e. The predicted octanol–water partition coefficient (Wildman–Crippen LogP) is 4.73. The van der Waals surface area contributed by atoms with E-state index in [1.807, 2.05) is 49.5 Å². The summed E-state index contributed by atoms with van der Waals surface area (Å²) < 4.78 is 0. The highest BCUT2D eigenvalue weighted by molar-refractivity contribution is 6.04. The van der Waals surface area contributed by atoms with Gasteiger partial charge in [-0.15, -0.1) is 0 Å². The van der Waals surface area contributed by atoms with Crippen LogP contribution in [0.25, 0.3) is 0 Å². The van der Waals surface area contributed by atoms with Crippen LogP contribution in [0.1, 0.15) is 27.9 Å². The third-order valence-corrected chi connectivity index (χ3v) is 4.80. The summed E-state index contributed by atoms with van der Waals surface area (Å²) in [6.45, 7) is 2.91. The first-order valence-electron chi connectivity index (χ1n) is 8.91. The second-order valence-electron chi connectivity index (χ2n) is 6.55. The molecule has 4 rings (SSSR count). The maximum Gasteiger partial charge on any atom is 0.257 e. The lowest BCUT2D eigenvalue weighted by Gasteiger charge is -2.31. The van der Waals surface area contributed by atoms with Crippen molar-refractivity contribution in [3.8, 4) is 0 Å². The Labute approximate surface area is 153 Å². The Kier molecular flexibility index (Phi) is 4.40. The number of nitrogens with zero attached hydrogens (tertiary/aromatic N) is 2. The van der Waals surface area contributed by atoms with Crippen molar-refractivity contribution >= 4 is 23.1 Å². The number of hydrogen-bond acceptors (Lipinski definition) is 3. The van der Waals surface area contributed by atoms with Gasteiger partial charge < -0.3 is 10.2 Å². The molecule has 1 aliphatic heterocycles. The molecule has 0 saturated carbocycles. The Balaban J connectivity index is 1.53. The average molecular weight is 343 g/mol. The summed E-state index contributed by atoms with van der Waals surface area (Å²) in [7, 11) is 0. The van der Waals surface area contributed by atoms with Crippen molar-refractivity contribution in [3.05, 3.63) is 83.6 Å². The normalized spacial score (nSPS) is 13.2. The number of anilines is 3. The van der Waals surface area contributed by atoms with E-state index in [0.29, 0.717) is 11.4 Å². The second-order valence-corrected chi connectivity index (χ2v) is 6.55. The van der Waals surface area contributed by atoms with Crippen LogP contribution in [0.2, 0.25) is 0 Å². The van der Waals surface area contributed by atoms with E-state index in [0.717, 1.165) is 30.6 Å². The predicted molar refractivity (Wildman–Crippen MR) is 105 cm³/mol. The monoisotopic (exact) mass is 343 g/mol. The van der Waals surface area contributed by atoms with Gasteiger partial charge in [-0.2, -0.15) is 0 Å². The van der Waals surface area contributed by atoms with Gasteiger partial charge in [0.15, 0.2) is 0 Å². The van der Waals surface area contributed by atoms with Crippen molar-refractivity contribution in [2.24, 2.45) is 0 Å². The fourth-order valence-electron chi connectivity index (χ4n) is 3.43. The Hall–Kier alpha value is -3.14. The highest BCUT2D eigenvalue weighted by atomic mass is 16.1. The second kappa shape index (κ2) is 7.00. The molecule has 0 atom stereocenters. The molecule has 0 radical (unpaired) electrons. The van der Waals surface area contributed by atoms with E-state index in [2.05, 4.69) is 39.5 Å². The van der Waals surface area contributed by atoms with Gasteiger partial charge in [-0.05, 0) is 55.2 Å². The number of benzene rings is 2. The van der Waals surface area contributed by atoms with Gasteiger partial charge in [0.1, 0.15) is 5.82 Å². The van der Waals surface area contributed by atoms with Crippen LogP contribution in [0.4, 0.5) is 17.2 Å². The molecule has 4 nitrogen and oxygen atoms in total. The van der Waals surface area contributed by atoms with Gasteiger partial charge in [0.25, 0.3) is 5.91 Å². The lowest BCUT2D eigenvalue weighted by molar-refractivity contribution is 0.102. The summed E-state index contributed by atoms with van der Waals surface area (Å²) in [6.07, 6.45) is 4.07. The molecule has 1 aliphatic rings. The zero-order valence-electron chi connectivity index (χ0n) is 14.8. The van der Waals surface area contributed by atoms with E-state index in [9.17, 15) is 4.79 Å². The molecular weight excluding hydrogens is 322 g/mol. The van der Waals surface area contributed by atoms with E-state index >= 15 is 0 Å². The van der Waals surface area contributed by atoms with Crippen LogP contribution >= 0.6 is 0 Å². The van der Waals surface area contributed by atoms with E-state index in [1.165, 1.54) is 11.3 Å². The molecule has 1 aromatic heterocycles. The van der Waals surface area contributed by atoms with Crippen molar-refractivity contribution < 1.29 is 4.79 Å². The SMILES string of the molecule is Cc1ccccc1C(=O)Nc1ccc(N2CCCc3ccccc32)cn1. The molecule has 26 heavy (non-hydrogen) atoms. The molecule has 0 spiro atoms. The minimum atomic E-state index is -0.133. The fourth-order valence-corrected chi connectivity index (χ4v) is 3.43. The third-order valence-electron chi connectivity index (χ3n) is 4.80. The summed E-state index contributed by atoms with van der Waals surface area (Å²) in [5.74, 6) is 0.430. The lowest BCUT2D eigenvalue weighted by atomic mass is 10.0. The molecule has 1 amide bonds. The van der Waals surface area contributed by atoms with Gasteiger partial charge in [0.05, 0.1) is 11.9 Å². The number of aryl methyl sites for hydroxylation is 2. The molecule has 3 aromatic rings. The highest BCUT2D eigenvalue weighted by Gasteiger charge is 2.18. The zero-order valence-corrected chi connectivity index (χ0v) is 14.8. The number of para-hydroxylation sites is 1. The smallest absolute Gasteiger partial charge is 0.257 e. The molecule has 0 unspecified atom stereocenters. The minimum Gasteiger partial charge on any atom is -0.340 e. The number of hydrogen-bond donors (Lipinski definition) is 1. The van der Waals surface area contributed by atoms with Gasteiger partial charge in [0.2, 0.25) is 0 Å². The first-order valence-corrected chi connectivity index (χ1v) is 8.91. The Bertz CT molecular complexity index is 934. The standard InChI is InChI=1S/C22H21N3O/c1-16-7-2-4-10-19(16)22(26)24-21-13-12-18(15-23-21)25-14-6-9-17-8-3-5-11-20(17)25/h2-5,7-8,10-13,15H,6,9,14H2,1H3,(H,23,24,26). The molecule has 130 valence electrons. The quantitative estimate of drug-likeness (QED) is 0.748. The first kappa shape index (κ1) is 16.3. The summed E-state index contributed by atoms with van der Waals surface area (Å²) >= 11 is 0. The number of carbonyl (C=O) groups is 1. The number of aromatic nitrogens is 1. The minimum absolute atomic E-state index is 0.133. The van der Waals surface area contributed by atoms with Crippen LogP contribution in [-0.4, -0.2) is 17.4 Å². The molecule has 0 saturated heterocycles. The topological polar surface area (TPSA) is 45.2 Å². The van der Waals surface area contributed by atoms with E-state index in [4.69, 9.17) is 0 Å². The Morgan fingerprint density at radius 3 is 2.65 bits per heavy atom. The van der Waals surface area contributed by atoms with Crippen molar-refractivity contribution in [2.75, 3.05) is 16.8 Å². The molecule has 2 aromatic carbocycles. The number of fused-ring (bicyclic) bond motifs is 1. The molecular formula is C22H21N3O. The summed E-state index contributed by atoms with van der Waals surface area (Å²) in [5, 5.41) is 2.88. The number of amides is 1. The van der Waals surface area contributed by atoms with Crippen LogP contribution in [0.15, 0.2) is 66.9 Å². The van der Waals surface area contributed by atoms with E-state index in [1.54, 1.807) is 0 Å². The van der Waals surface area contributed by atoms with Crippen LogP contribution in [0.5, 0.6) is 0 Å². The van der Waals surface area contributed by atoms with Crippen LogP contribution < -0.4 is 10.2 Å². The molecule has 4 heteroatoms. The van der Waals surface area contributed by atoms with Crippen LogP contribution in [0.3, 0.4) is 0 Å². The van der Waals surface area contributed by atoms with Gasteiger partial charge in [-0.1, -0.05) is 36.4 Å². The lowest BCUT2D eigenvalue weighted by Crippen LogP contribution is -2.24. The molecule has 0 fully saturated rings. The highest BCUT2D eigenvalue weighted by Crippen LogP contribution is 2.33. The number of nitrogens with one attached hydrogen (secondary N) is 1. The summed E-state index contributed by atoms with van der Waals surface area (Å²) in [6, 6.07) is 19.9. The Morgan fingerprint density at radius 1 is 1.04 bits per heavy atom. The maximum atomic E-state index is 12.4.